The fourth-order valence-corrected chi connectivity index (χ4v) is 4.80. The summed E-state index contributed by atoms with van der Waals surface area (Å²) in [5, 5.41) is 6.38. The lowest BCUT2D eigenvalue weighted by atomic mass is 9.68. The van der Waals surface area contributed by atoms with Gasteiger partial charge in [-0.15, -0.1) is 0 Å². The minimum absolute atomic E-state index is 0.0738. The van der Waals surface area contributed by atoms with E-state index in [9.17, 15) is 9.59 Å². The Labute approximate surface area is 194 Å². The zero-order chi connectivity index (χ0) is 23.8. The van der Waals surface area contributed by atoms with Crippen molar-refractivity contribution in [3.8, 4) is 11.5 Å². The molecule has 2 N–H and O–H groups in total. The second-order valence-electron chi connectivity index (χ2n) is 9.36. The third kappa shape index (κ3) is 4.38. The second-order valence-corrected chi connectivity index (χ2v) is 9.36. The number of hydrogen-bond acceptors (Lipinski definition) is 5. The standard InChI is InChI=1S/C27H30N2O4/c1-16-23(26(31)29-19-8-6-7-9-22(19)33-5)24(17-10-12-18(32-4)13-11-17)25-20(28-16)14-27(2,3)15-21(25)30/h6-13,24,28H,14-15H2,1-5H3,(H,29,31)/t24-/m0/s1. The van der Waals surface area contributed by atoms with E-state index >= 15 is 0 Å². The first kappa shape index (κ1) is 22.6. The molecule has 0 fully saturated rings. The average Bonchev–Trinajstić information content (AvgIpc) is 2.77. The van der Waals surface area contributed by atoms with Crippen LogP contribution in [0.5, 0.6) is 11.5 Å². The summed E-state index contributed by atoms with van der Waals surface area (Å²) in [6.07, 6.45) is 1.19. The van der Waals surface area contributed by atoms with Crippen LogP contribution in [0.4, 0.5) is 5.69 Å². The van der Waals surface area contributed by atoms with E-state index in [-0.39, 0.29) is 17.1 Å². The molecule has 33 heavy (non-hydrogen) atoms. The largest absolute Gasteiger partial charge is 0.497 e. The molecule has 1 heterocycles. The van der Waals surface area contributed by atoms with Crippen LogP contribution in [0.25, 0.3) is 0 Å². The van der Waals surface area contributed by atoms with Gasteiger partial charge in [0.15, 0.2) is 5.78 Å². The Morgan fingerprint density at radius 2 is 1.73 bits per heavy atom. The van der Waals surface area contributed by atoms with Gasteiger partial charge in [0.1, 0.15) is 11.5 Å². The number of carbonyl (C=O) groups is 2. The fraction of sp³-hybridized carbons (Fsp3) is 0.333. The number of ketones is 1. The number of carbonyl (C=O) groups excluding carboxylic acids is 2. The average molecular weight is 447 g/mol. The Kier molecular flexibility index (Phi) is 6.02. The summed E-state index contributed by atoms with van der Waals surface area (Å²) in [4.78, 5) is 27.0. The predicted octanol–water partition coefficient (Wildman–Crippen LogP) is 4.95. The maximum absolute atomic E-state index is 13.6. The molecule has 2 aromatic carbocycles. The molecule has 0 bridgehead atoms. The SMILES string of the molecule is COc1ccc([C@H]2C(C(=O)Nc3ccccc3OC)=C(C)NC3=C2C(=O)CC(C)(C)C3)cc1. The number of nitrogens with one attached hydrogen (secondary N) is 2. The molecule has 6 nitrogen and oxygen atoms in total. The first-order valence-electron chi connectivity index (χ1n) is 11.1. The highest BCUT2D eigenvalue weighted by molar-refractivity contribution is 6.10. The van der Waals surface area contributed by atoms with Crippen molar-refractivity contribution in [2.24, 2.45) is 5.41 Å². The van der Waals surface area contributed by atoms with Crippen LogP contribution < -0.4 is 20.1 Å². The number of Topliss-reactive ketones (excluding diaryl/α,β-unsaturated/α-hetero) is 1. The molecule has 0 saturated heterocycles. The summed E-state index contributed by atoms with van der Waals surface area (Å²) in [6, 6.07) is 14.9. The Bertz CT molecular complexity index is 1160. The van der Waals surface area contributed by atoms with Gasteiger partial charge in [0, 0.05) is 34.9 Å². The Balaban J connectivity index is 1.80. The minimum Gasteiger partial charge on any atom is -0.497 e. The van der Waals surface area contributed by atoms with Gasteiger partial charge in [-0.1, -0.05) is 38.1 Å². The van der Waals surface area contributed by atoms with Gasteiger partial charge in [0.2, 0.25) is 0 Å². The molecule has 0 unspecified atom stereocenters. The lowest BCUT2D eigenvalue weighted by Gasteiger charge is -2.39. The first-order chi connectivity index (χ1) is 15.7. The van der Waals surface area contributed by atoms with Gasteiger partial charge in [-0.2, -0.15) is 0 Å². The Hall–Kier alpha value is -3.54. The van der Waals surface area contributed by atoms with Crippen LogP contribution in [0, 0.1) is 5.41 Å². The second kappa shape index (κ2) is 8.77. The van der Waals surface area contributed by atoms with Crippen LogP contribution >= 0.6 is 0 Å². The molecular formula is C27H30N2O4. The number of hydrogen-bond donors (Lipinski definition) is 2. The van der Waals surface area contributed by atoms with E-state index < -0.39 is 5.92 Å². The molecule has 1 atom stereocenters. The quantitative estimate of drug-likeness (QED) is 0.680. The van der Waals surface area contributed by atoms with E-state index in [1.807, 2.05) is 43.3 Å². The van der Waals surface area contributed by atoms with Crippen LogP contribution in [-0.4, -0.2) is 25.9 Å². The maximum Gasteiger partial charge on any atom is 0.254 e. The smallest absolute Gasteiger partial charge is 0.254 e. The molecule has 0 spiro atoms. The molecule has 2 aliphatic rings. The monoisotopic (exact) mass is 446 g/mol. The predicted molar refractivity (Wildman–Crippen MR) is 128 cm³/mol. The van der Waals surface area contributed by atoms with Crippen molar-refractivity contribution in [1.29, 1.82) is 0 Å². The topological polar surface area (TPSA) is 76.7 Å². The molecule has 6 heteroatoms. The Morgan fingerprint density at radius 3 is 2.39 bits per heavy atom. The van der Waals surface area contributed by atoms with Crippen LogP contribution in [0.3, 0.4) is 0 Å². The summed E-state index contributed by atoms with van der Waals surface area (Å²) in [7, 11) is 3.18. The molecule has 172 valence electrons. The minimum atomic E-state index is -0.467. The molecule has 1 aliphatic heterocycles. The van der Waals surface area contributed by atoms with Crippen molar-refractivity contribution in [1.82, 2.24) is 5.32 Å². The van der Waals surface area contributed by atoms with E-state index in [0.717, 1.165) is 29.1 Å². The van der Waals surface area contributed by atoms with Crippen LogP contribution in [0.1, 0.15) is 45.1 Å². The number of benzene rings is 2. The van der Waals surface area contributed by atoms with Crippen LogP contribution in [0.15, 0.2) is 71.1 Å². The van der Waals surface area contributed by atoms with Gasteiger partial charge < -0.3 is 20.1 Å². The third-order valence-corrected chi connectivity index (χ3v) is 6.29. The summed E-state index contributed by atoms with van der Waals surface area (Å²) in [6.45, 7) is 6.09. The van der Waals surface area contributed by atoms with Gasteiger partial charge in [-0.05, 0) is 48.6 Å². The molecule has 4 rings (SSSR count). The van der Waals surface area contributed by atoms with Crippen molar-refractivity contribution < 1.29 is 19.1 Å². The first-order valence-corrected chi connectivity index (χ1v) is 11.1. The van der Waals surface area contributed by atoms with E-state index in [2.05, 4.69) is 24.5 Å². The number of methoxy groups -OCH3 is 2. The molecular weight excluding hydrogens is 416 g/mol. The molecule has 2 aromatic rings. The van der Waals surface area contributed by atoms with Crippen LogP contribution in [-0.2, 0) is 9.59 Å². The summed E-state index contributed by atoms with van der Waals surface area (Å²) < 4.78 is 10.7. The fourth-order valence-electron chi connectivity index (χ4n) is 4.80. The third-order valence-electron chi connectivity index (χ3n) is 6.29. The summed E-state index contributed by atoms with van der Waals surface area (Å²) in [5.41, 5.74) is 4.17. The Morgan fingerprint density at radius 1 is 1.03 bits per heavy atom. The number of allylic oxidation sites excluding steroid dienone is 3. The van der Waals surface area contributed by atoms with Crippen molar-refractivity contribution >= 4 is 17.4 Å². The van der Waals surface area contributed by atoms with Crippen LogP contribution in [0.2, 0.25) is 0 Å². The van der Waals surface area contributed by atoms with E-state index in [4.69, 9.17) is 9.47 Å². The van der Waals surface area contributed by atoms with Crippen molar-refractivity contribution in [2.45, 2.75) is 39.5 Å². The van der Waals surface area contributed by atoms with Crippen molar-refractivity contribution in [3.05, 3.63) is 76.6 Å². The zero-order valence-electron chi connectivity index (χ0n) is 19.7. The van der Waals surface area contributed by atoms with Crippen molar-refractivity contribution in [3.63, 3.8) is 0 Å². The summed E-state index contributed by atoms with van der Waals surface area (Å²) in [5.74, 6) is 0.632. The van der Waals surface area contributed by atoms with E-state index in [1.165, 1.54) is 0 Å². The molecule has 0 aromatic heterocycles. The number of rotatable bonds is 5. The maximum atomic E-state index is 13.6. The number of anilines is 1. The van der Waals surface area contributed by atoms with E-state index in [0.29, 0.717) is 29.0 Å². The molecule has 1 amide bonds. The lowest BCUT2D eigenvalue weighted by molar-refractivity contribution is -0.118. The normalized spacial score (nSPS) is 19.5. The number of ether oxygens (including phenoxy) is 2. The highest BCUT2D eigenvalue weighted by Crippen LogP contribution is 2.47. The van der Waals surface area contributed by atoms with Gasteiger partial charge in [-0.25, -0.2) is 0 Å². The summed E-state index contributed by atoms with van der Waals surface area (Å²) >= 11 is 0. The van der Waals surface area contributed by atoms with Gasteiger partial charge in [0.05, 0.1) is 19.9 Å². The van der Waals surface area contributed by atoms with Crippen molar-refractivity contribution in [2.75, 3.05) is 19.5 Å². The lowest BCUT2D eigenvalue weighted by Crippen LogP contribution is -2.39. The zero-order valence-corrected chi connectivity index (χ0v) is 19.7. The number of dihydropyridines is 1. The molecule has 0 saturated carbocycles. The highest BCUT2D eigenvalue weighted by Gasteiger charge is 2.42. The molecule has 1 aliphatic carbocycles. The number of para-hydroxylation sites is 2. The van der Waals surface area contributed by atoms with Gasteiger partial charge >= 0.3 is 0 Å². The number of amides is 1. The van der Waals surface area contributed by atoms with E-state index in [1.54, 1.807) is 26.4 Å². The van der Waals surface area contributed by atoms with Gasteiger partial charge in [-0.3, -0.25) is 9.59 Å². The molecule has 0 radical (unpaired) electrons. The highest BCUT2D eigenvalue weighted by atomic mass is 16.5. The van der Waals surface area contributed by atoms with Gasteiger partial charge in [0.25, 0.3) is 5.91 Å².